The summed E-state index contributed by atoms with van der Waals surface area (Å²) >= 11 is 0. The van der Waals surface area contributed by atoms with Gasteiger partial charge in [-0.05, 0) is 37.2 Å². The molecule has 2 atom stereocenters. The van der Waals surface area contributed by atoms with Crippen LogP contribution in [-0.2, 0) is 16.1 Å². The number of carbonyl (C=O) groups is 2. The van der Waals surface area contributed by atoms with Crippen LogP contribution in [0.25, 0.3) is 0 Å². The van der Waals surface area contributed by atoms with E-state index in [1.165, 1.54) is 69.1 Å². The Bertz CT molecular complexity index is 698. The average molecular weight is 475 g/mol. The normalized spacial score (nSPS) is 23.4. The topological polar surface area (TPSA) is 78.9 Å². The van der Waals surface area contributed by atoms with Gasteiger partial charge in [-0.15, -0.1) is 0 Å². The van der Waals surface area contributed by atoms with Crippen molar-refractivity contribution in [3.05, 3.63) is 35.9 Å². The minimum Gasteiger partial charge on any atom is -0.481 e. The van der Waals surface area contributed by atoms with Gasteiger partial charge in [-0.3, -0.25) is 4.79 Å². The highest BCUT2D eigenvalue weighted by Crippen LogP contribution is 2.27. The molecule has 0 bridgehead atoms. The second-order valence-electron chi connectivity index (χ2n) is 9.89. The molecule has 34 heavy (non-hydrogen) atoms. The van der Waals surface area contributed by atoms with Crippen molar-refractivity contribution in [2.75, 3.05) is 13.1 Å². The molecule has 1 aliphatic heterocycles. The zero-order valence-electron chi connectivity index (χ0n) is 20.2. The van der Waals surface area contributed by atoms with E-state index in [0.717, 1.165) is 24.1 Å². The Hall–Kier alpha value is -2.08. The van der Waals surface area contributed by atoms with Crippen molar-refractivity contribution < 1.29 is 19.4 Å². The predicted molar refractivity (Wildman–Crippen MR) is 137 cm³/mol. The van der Waals surface area contributed by atoms with Crippen LogP contribution >= 0.6 is 0 Å². The maximum Gasteiger partial charge on any atom is 0.410 e. The number of amides is 1. The number of rotatable bonds is 6. The Balaban J connectivity index is 0.000000253. The molecule has 6 heteroatoms. The monoisotopic (exact) mass is 474 g/mol. The summed E-state index contributed by atoms with van der Waals surface area (Å²) in [6.07, 6.45) is 14.9. The molecule has 1 aromatic rings. The fourth-order valence-corrected chi connectivity index (χ4v) is 5.40. The van der Waals surface area contributed by atoms with Gasteiger partial charge in [-0.1, -0.05) is 89.6 Å². The lowest BCUT2D eigenvalue weighted by atomic mass is 9.91. The fourth-order valence-electron chi connectivity index (χ4n) is 5.40. The molecule has 6 nitrogen and oxygen atoms in total. The molecule has 2 saturated carbocycles. The predicted octanol–water partition coefficient (Wildman–Crippen LogP) is 6.24. The van der Waals surface area contributed by atoms with E-state index >= 15 is 0 Å². The van der Waals surface area contributed by atoms with Crippen LogP contribution in [0.1, 0.15) is 90.5 Å². The lowest BCUT2D eigenvalue weighted by molar-refractivity contribution is -0.142. The number of hydrogen-bond donors (Lipinski definition) is 2. The molecule has 1 aromatic carbocycles. The molecule has 2 aliphatic carbocycles. The van der Waals surface area contributed by atoms with Crippen LogP contribution in [0.3, 0.4) is 0 Å². The van der Waals surface area contributed by atoms with Crippen molar-refractivity contribution >= 4 is 12.1 Å². The van der Waals surface area contributed by atoms with Gasteiger partial charge in [0.05, 0.1) is 5.92 Å². The van der Waals surface area contributed by atoms with Gasteiger partial charge in [0.15, 0.2) is 0 Å². The van der Waals surface area contributed by atoms with Crippen molar-refractivity contribution in [1.82, 2.24) is 10.2 Å². The van der Waals surface area contributed by atoms with E-state index in [2.05, 4.69) is 5.32 Å². The summed E-state index contributed by atoms with van der Waals surface area (Å²) in [4.78, 5) is 24.6. The molecule has 4 rings (SSSR count). The number of nitrogens with zero attached hydrogens (tertiary/aromatic N) is 1. The minimum atomic E-state index is -0.838. The summed E-state index contributed by atoms with van der Waals surface area (Å²) in [7, 11) is 0. The highest BCUT2D eigenvalue weighted by Gasteiger charge is 2.39. The third-order valence-corrected chi connectivity index (χ3v) is 7.43. The van der Waals surface area contributed by atoms with E-state index in [4.69, 9.17) is 9.84 Å². The van der Waals surface area contributed by atoms with Gasteiger partial charge in [0.25, 0.3) is 0 Å². The zero-order chi connectivity index (χ0) is 23.5. The first-order valence-corrected chi connectivity index (χ1v) is 13.0. The molecule has 2 N–H and O–H groups in total. The molecule has 1 heterocycles. The third-order valence-electron chi connectivity index (χ3n) is 7.43. The smallest absolute Gasteiger partial charge is 0.410 e. The maximum atomic E-state index is 12.0. The summed E-state index contributed by atoms with van der Waals surface area (Å²) < 4.78 is 5.23. The van der Waals surface area contributed by atoms with Crippen LogP contribution < -0.4 is 5.32 Å². The lowest BCUT2D eigenvalue weighted by Gasteiger charge is -2.30. The summed E-state index contributed by atoms with van der Waals surface area (Å²) in [6.45, 7) is 2.85. The molecule has 1 unspecified atom stereocenters. The van der Waals surface area contributed by atoms with E-state index in [9.17, 15) is 9.59 Å². The fraction of sp³-hybridized carbons (Fsp3) is 0.714. The Morgan fingerprint density at radius 1 is 0.941 bits per heavy atom. The van der Waals surface area contributed by atoms with Crippen LogP contribution in [0.2, 0.25) is 0 Å². The highest BCUT2D eigenvalue weighted by molar-refractivity contribution is 5.74. The number of carboxylic acid groups (broad SMARTS) is 1. The Labute approximate surface area is 206 Å². The van der Waals surface area contributed by atoms with Gasteiger partial charge in [0.1, 0.15) is 6.61 Å². The van der Waals surface area contributed by atoms with Gasteiger partial charge in [-0.25, -0.2) is 4.79 Å². The quantitative estimate of drug-likeness (QED) is 0.510. The number of ether oxygens (including phenoxy) is 1. The standard InChI is InChI=1S/C15H19NO4.C12H23N.CH4/c1-2-12-8-16(9-13(12)14(17)18)15(19)20-10-11-6-4-3-5-7-11;1-3-7-11(8-4-1)13-12-9-5-2-6-10-12;/h3-7,12-13H,2,8-10H2,1H3,(H,17,18);11-13H,1-10H2;1H4/t12-,13?;;/m1../s1. The van der Waals surface area contributed by atoms with E-state index in [0.29, 0.717) is 6.54 Å². The van der Waals surface area contributed by atoms with Gasteiger partial charge < -0.3 is 20.1 Å². The molecule has 3 aliphatic rings. The first-order chi connectivity index (χ1) is 16.1. The van der Waals surface area contributed by atoms with Crippen LogP contribution in [0.5, 0.6) is 0 Å². The van der Waals surface area contributed by atoms with Gasteiger partial charge in [-0.2, -0.15) is 0 Å². The number of hydrogen-bond acceptors (Lipinski definition) is 4. The number of benzene rings is 1. The SMILES string of the molecule is C.C1CCC(NC2CCCCC2)CC1.CC[C@@H]1CN(C(=O)OCc2ccccc2)CC1C(=O)O. The van der Waals surface area contributed by atoms with Crippen molar-refractivity contribution in [2.24, 2.45) is 11.8 Å². The van der Waals surface area contributed by atoms with E-state index in [1.807, 2.05) is 37.3 Å². The van der Waals surface area contributed by atoms with Crippen LogP contribution in [0.15, 0.2) is 30.3 Å². The molecule has 1 amide bonds. The van der Waals surface area contributed by atoms with Crippen molar-refractivity contribution in [1.29, 1.82) is 0 Å². The second-order valence-corrected chi connectivity index (χ2v) is 9.89. The summed E-state index contributed by atoms with van der Waals surface area (Å²) in [5, 5.41) is 13.0. The molecule has 0 spiro atoms. The molecule has 1 saturated heterocycles. The molecular weight excluding hydrogens is 428 g/mol. The van der Waals surface area contributed by atoms with Crippen molar-refractivity contribution in [2.45, 2.75) is 104 Å². The van der Waals surface area contributed by atoms with Crippen molar-refractivity contribution in [3.8, 4) is 0 Å². The summed E-state index contributed by atoms with van der Waals surface area (Å²) in [5.41, 5.74) is 0.918. The lowest BCUT2D eigenvalue weighted by Crippen LogP contribution is -2.40. The molecule has 0 radical (unpaired) electrons. The molecule has 0 aromatic heterocycles. The Kier molecular flexibility index (Phi) is 12.4. The molecule has 192 valence electrons. The molecular formula is C28H46N2O4. The Morgan fingerprint density at radius 3 is 1.97 bits per heavy atom. The Morgan fingerprint density at radius 2 is 1.50 bits per heavy atom. The van der Waals surface area contributed by atoms with Crippen molar-refractivity contribution in [3.63, 3.8) is 0 Å². The number of likely N-dealkylation sites (tertiary alicyclic amines) is 1. The third kappa shape index (κ3) is 8.94. The average Bonchev–Trinajstić information content (AvgIpc) is 3.30. The van der Waals surface area contributed by atoms with Crippen LogP contribution in [-0.4, -0.2) is 47.2 Å². The number of carboxylic acids is 1. The zero-order valence-corrected chi connectivity index (χ0v) is 20.2. The summed E-state index contributed by atoms with van der Waals surface area (Å²) in [5.74, 6) is -1.31. The van der Waals surface area contributed by atoms with E-state index < -0.39 is 18.0 Å². The second kappa shape index (κ2) is 15.0. The summed E-state index contributed by atoms with van der Waals surface area (Å²) in [6, 6.07) is 11.2. The van der Waals surface area contributed by atoms with Crippen LogP contribution in [0.4, 0.5) is 4.79 Å². The number of carbonyl (C=O) groups excluding carboxylic acids is 1. The minimum absolute atomic E-state index is 0. The van der Waals surface area contributed by atoms with E-state index in [-0.39, 0.29) is 26.5 Å². The number of nitrogens with one attached hydrogen (secondary N) is 1. The number of aliphatic carboxylic acids is 1. The highest BCUT2D eigenvalue weighted by atomic mass is 16.6. The van der Waals surface area contributed by atoms with Gasteiger partial charge >= 0.3 is 12.1 Å². The molecule has 3 fully saturated rings. The van der Waals surface area contributed by atoms with Gasteiger partial charge in [0.2, 0.25) is 0 Å². The van der Waals surface area contributed by atoms with Crippen LogP contribution in [0, 0.1) is 11.8 Å². The van der Waals surface area contributed by atoms with E-state index in [1.54, 1.807) is 0 Å². The first-order valence-electron chi connectivity index (χ1n) is 13.0. The first kappa shape index (κ1) is 28.2. The van der Waals surface area contributed by atoms with Gasteiger partial charge in [0, 0.05) is 25.2 Å². The maximum absolute atomic E-state index is 12.0. The largest absolute Gasteiger partial charge is 0.481 e.